The van der Waals surface area contributed by atoms with Crippen molar-refractivity contribution in [2.75, 3.05) is 6.54 Å². The number of carbonyl (C=O) groups is 4. The van der Waals surface area contributed by atoms with E-state index in [2.05, 4.69) is 5.32 Å². The number of benzene rings is 1. The first-order valence-corrected chi connectivity index (χ1v) is 8.44. The number of hydrogen-bond donors (Lipinski definition) is 1. The number of urea groups is 1. The number of imide groups is 2. The molecule has 128 valence electrons. The molecule has 2 heterocycles. The molecule has 0 spiro atoms. The van der Waals surface area contributed by atoms with Crippen molar-refractivity contribution < 1.29 is 19.2 Å². The van der Waals surface area contributed by atoms with Crippen molar-refractivity contribution in [2.45, 2.75) is 13.1 Å². The highest BCUT2D eigenvalue weighted by molar-refractivity contribution is 7.09. The fourth-order valence-electron chi connectivity index (χ4n) is 2.39. The zero-order valence-corrected chi connectivity index (χ0v) is 14.0. The lowest BCUT2D eigenvalue weighted by Crippen LogP contribution is -2.41. The predicted molar refractivity (Wildman–Crippen MR) is 90.3 cm³/mol. The quantitative estimate of drug-likeness (QED) is 0.625. The Labute approximate surface area is 147 Å². The highest BCUT2D eigenvalue weighted by Gasteiger charge is 2.45. The Balaban J connectivity index is 1.61. The van der Waals surface area contributed by atoms with Crippen molar-refractivity contribution in [2.24, 2.45) is 0 Å². The molecule has 1 aliphatic heterocycles. The summed E-state index contributed by atoms with van der Waals surface area (Å²) in [6.45, 7) is -0.161. The smallest absolute Gasteiger partial charge is 0.335 e. The first-order chi connectivity index (χ1) is 12.1. The molecular formula is C17H15N3O4S. The Bertz CT molecular complexity index is 805. The van der Waals surface area contributed by atoms with Gasteiger partial charge in [0.2, 0.25) is 5.91 Å². The molecule has 0 atom stereocenters. The SMILES string of the molecule is O=C(CN1C(=O)C(=O)N(Cc2ccccc2)C1=O)NCc1cccs1. The standard InChI is InChI=1S/C17H15N3O4S/c21-14(18-9-13-7-4-8-25-13)11-20-16(23)15(22)19(17(20)24)10-12-5-2-1-3-6-12/h1-8H,9-11H2,(H,18,21). The van der Waals surface area contributed by atoms with Crippen molar-refractivity contribution in [3.63, 3.8) is 0 Å². The van der Waals surface area contributed by atoms with E-state index in [1.165, 1.54) is 11.3 Å². The summed E-state index contributed by atoms with van der Waals surface area (Å²) in [6, 6.07) is 11.8. The molecule has 2 aromatic rings. The van der Waals surface area contributed by atoms with Crippen LogP contribution in [0.25, 0.3) is 0 Å². The Morgan fingerprint density at radius 3 is 2.36 bits per heavy atom. The molecule has 0 aliphatic carbocycles. The summed E-state index contributed by atoms with van der Waals surface area (Å²) in [5, 5.41) is 4.51. The summed E-state index contributed by atoms with van der Waals surface area (Å²) in [5.41, 5.74) is 0.723. The third-order valence-corrected chi connectivity index (χ3v) is 4.54. The second kappa shape index (κ2) is 7.27. The van der Waals surface area contributed by atoms with Crippen LogP contribution >= 0.6 is 11.3 Å². The van der Waals surface area contributed by atoms with Crippen LogP contribution < -0.4 is 5.32 Å². The van der Waals surface area contributed by atoms with Crippen molar-refractivity contribution in [3.8, 4) is 0 Å². The number of hydrogen-bond acceptors (Lipinski definition) is 5. The van der Waals surface area contributed by atoms with Gasteiger partial charge in [0.15, 0.2) is 0 Å². The maximum atomic E-state index is 12.3. The van der Waals surface area contributed by atoms with Crippen LogP contribution in [0, 0.1) is 0 Å². The minimum absolute atomic E-state index is 0.00242. The lowest BCUT2D eigenvalue weighted by Gasteiger charge is -2.15. The number of nitrogens with zero attached hydrogens (tertiary/aromatic N) is 2. The average Bonchev–Trinajstić information content (AvgIpc) is 3.20. The number of nitrogens with one attached hydrogen (secondary N) is 1. The highest BCUT2D eigenvalue weighted by Crippen LogP contribution is 2.16. The van der Waals surface area contributed by atoms with Crippen LogP contribution in [-0.4, -0.2) is 40.1 Å². The summed E-state index contributed by atoms with van der Waals surface area (Å²) in [6.07, 6.45) is 0. The predicted octanol–water partition coefficient (Wildman–Crippen LogP) is 1.36. The monoisotopic (exact) mass is 357 g/mol. The second-order valence-electron chi connectivity index (χ2n) is 5.41. The van der Waals surface area contributed by atoms with E-state index in [-0.39, 0.29) is 6.54 Å². The molecule has 0 radical (unpaired) electrons. The number of carbonyl (C=O) groups excluding carboxylic acids is 4. The van der Waals surface area contributed by atoms with Crippen LogP contribution in [0.3, 0.4) is 0 Å². The molecule has 7 nitrogen and oxygen atoms in total. The van der Waals surface area contributed by atoms with Crippen LogP contribution in [0.1, 0.15) is 10.4 Å². The maximum absolute atomic E-state index is 12.3. The van der Waals surface area contributed by atoms with Crippen molar-refractivity contribution in [3.05, 3.63) is 58.3 Å². The van der Waals surface area contributed by atoms with E-state index in [9.17, 15) is 19.2 Å². The Morgan fingerprint density at radius 1 is 0.960 bits per heavy atom. The zero-order valence-electron chi connectivity index (χ0n) is 13.2. The van der Waals surface area contributed by atoms with Gasteiger partial charge >= 0.3 is 17.8 Å². The van der Waals surface area contributed by atoms with Crippen LogP contribution in [0.15, 0.2) is 47.8 Å². The zero-order chi connectivity index (χ0) is 17.8. The van der Waals surface area contributed by atoms with Gasteiger partial charge in [0.1, 0.15) is 6.54 Å². The largest absolute Gasteiger partial charge is 0.350 e. The molecule has 1 saturated heterocycles. The summed E-state index contributed by atoms with van der Waals surface area (Å²) < 4.78 is 0. The van der Waals surface area contributed by atoms with Gasteiger partial charge in [-0.15, -0.1) is 11.3 Å². The fourth-order valence-corrected chi connectivity index (χ4v) is 3.04. The molecule has 3 rings (SSSR count). The summed E-state index contributed by atoms with van der Waals surface area (Å²) >= 11 is 1.49. The van der Waals surface area contributed by atoms with E-state index in [4.69, 9.17) is 0 Å². The number of thiophene rings is 1. The minimum atomic E-state index is -0.979. The minimum Gasteiger partial charge on any atom is -0.350 e. The van der Waals surface area contributed by atoms with E-state index in [1.807, 2.05) is 23.6 Å². The highest BCUT2D eigenvalue weighted by atomic mass is 32.1. The van der Waals surface area contributed by atoms with E-state index in [1.54, 1.807) is 24.3 Å². The van der Waals surface area contributed by atoms with E-state index in [0.29, 0.717) is 11.4 Å². The Morgan fingerprint density at radius 2 is 1.68 bits per heavy atom. The normalized spacial score (nSPS) is 14.3. The van der Waals surface area contributed by atoms with Gasteiger partial charge in [0, 0.05) is 4.88 Å². The molecule has 8 heteroatoms. The van der Waals surface area contributed by atoms with E-state index < -0.39 is 30.3 Å². The molecule has 5 amide bonds. The van der Waals surface area contributed by atoms with Crippen molar-refractivity contribution in [1.29, 1.82) is 0 Å². The molecule has 0 bridgehead atoms. The lowest BCUT2D eigenvalue weighted by atomic mass is 10.2. The van der Waals surface area contributed by atoms with Gasteiger partial charge in [0.05, 0.1) is 13.1 Å². The topological polar surface area (TPSA) is 86.8 Å². The van der Waals surface area contributed by atoms with Gasteiger partial charge in [-0.2, -0.15) is 0 Å². The molecular weight excluding hydrogens is 342 g/mol. The van der Waals surface area contributed by atoms with Gasteiger partial charge in [-0.3, -0.25) is 19.3 Å². The molecule has 0 unspecified atom stereocenters. The molecule has 1 aromatic carbocycles. The summed E-state index contributed by atoms with van der Waals surface area (Å²) in [7, 11) is 0. The van der Waals surface area contributed by atoms with Gasteiger partial charge in [-0.1, -0.05) is 36.4 Å². The van der Waals surface area contributed by atoms with Crippen molar-refractivity contribution in [1.82, 2.24) is 15.1 Å². The molecule has 1 aliphatic rings. The molecule has 1 aromatic heterocycles. The number of amides is 5. The summed E-state index contributed by atoms with van der Waals surface area (Å²) in [5.74, 6) is -2.39. The molecule has 1 N–H and O–H groups in total. The van der Waals surface area contributed by atoms with Gasteiger partial charge in [-0.05, 0) is 17.0 Å². The van der Waals surface area contributed by atoms with Gasteiger partial charge in [0.25, 0.3) is 0 Å². The van der Waals surface area contributed by atoms with Crippen LogP contribution in [0.4, 0.5) is 4.79 Å². The second-order valence-corrected chi connectivity index (χ2v) is 6.44. The van der Waals surface area contributed by atoms with Gasteiger partial charge in [-0.25, -0.2) is 9.69 Å². The van der Waals surface area contributed by atoms with Crippen LogP contribution in [0.2, 0.25) is 0 Å². The Hall–Kier alpha value is -3.00. The Kier molecular flexibility index (Phi) is 4.90. The van der Waals surface area contributed by atoms with E-state index in [0.717, 1.165) is 15.3 Å². The van der Waals surface area contributed by atoms with E-state index >= 15 is 0 Å². The maximum Gasteiger partial charge on any atom is 0.335 e. The summed E-state index contributed by atoms with van der Waals surface area (Å²) in [4.78, 5) is 50.8. The third-order valence-electron chi connectivity index (χ3n) is 3.66. The molecule has 1 fully saturated rings. The van der Waals surface area contributed by atoms with Crippen molar-refractivity contribution >= 4 is 35.1 Å². The first-order valence-electron chi connectivity index (χ1n) is 7.56. The lowest BCUT2D eigenvalue weighted by molar-refractivity contribution is -0.144. The first kappa shape index (κ1) is 16.8. The molecule has 0 saturated carbocycles. The van der Waals surface area contributed by atoms with Crippen LogP contribution in [-0.2, 0) is 27.5 Å². The van der Waals surface area contributed by atoms with Gasteiger partial charge < -0.3 is 5.32 Å². The third kappa shape index (κ3) is 3.74. The number of rotatable bonds is 6. The fraction of sp³-hybridized carbons (Fsp3) is 0.176. The average molecular weight is 357 g/mol. The van der Waals surface area contributed by atoms with Crippen LogP contribution in [0.5, 0.6) is 0 Å². The molecule has 25 heavy (non-hydrogen) atoms.